The highest BCUT2D eigenvalue weighted by molar-refractivity contribution is 7.88. The summed E-state index contributed by atoms with van der Waals surface area (Å²) < 4.78 is 78.7. The van der Waals surface area contributed by atoms with Gasteiger partial charge in [-0.15, -0.1) is 0 Å². The van der Waals surface area contributed by atoms with E-state index in [9.17, 15) is 30.4 Å². The predicted octanol–water partition coefficient (Wildman–Crippen LogP) is 2.64. The van der Waals surface area contributed by atoms with Gasteiger partial charge in [-0.1, -0.05) is 0 Å². The van der Waals surface area contributed by atoms with Crippen LogP contribution in [0.3, 0.4) is 0 Å². The van der Waals surface area contributed by atoms with Crippen molar-refractivity contribution in [2.24, 2.45) is 5.92 Å². The van der Waals surface area contributed by atoms with E-state index in [1.165, 1.54) is 33.3 Å². The number of piperidine rings is 3. The van der Waals surface area contributed by atoms with Gasteiger partial charge in [-0.2, -0.15) is 0 Å². The second-order valence-electron chi connectivity index (χ2n) is 12.2. The number of urea groups is 1. The SMILES string of the molecule is CN(C(=O)NC1CCN(CC[C@@H](c2cc(F)cc(F)c2)C2CCN(S(C)(=O)=O)CC2)CC1)C1CCN(S(C)(=O)=O)CC1. The molecule has 3 aliphatic rings. The Balaban J connectivity index is 1.27. The lowest BCUT2D eigenvalue weighted by molar-refractivity contribution is 0.147. The maximum absolute atomic E-state index is 14.2. The number of hydrogen-bond acceptors (Lipinski definition) is 6. The standard InChI is InChI=1S/C28H45F2N5O5S2/c1-32(26-8-16-35(17-9-26)42(3,39)40)28(36)31-25-6-11-33(12-7-25)13-10-27(22-18-23(29)20-24(30)19-22)21-4-14-34(15-5-21)41(2,37)38/h18-21,25-27H,4-17H2,1-3H3,(H,31,36)/t27-/m1/s1. The summed E-state index contributed by atoms with van der Waals surface area (Å²) in [5.74, 6) is -1.17. The van der Waals surface area contributed by atoms with Crippen molar-refractivity contribution in [3.63, 3.8) is 0 Å². The van der Waals surface area contributed by atoms with Crippen molar-refractivity contribution in [1.29, 1.82) is 0 Å². The molecule has 0 aromatic heterocycles. The lowest BCUT2D eigenvalue weighted by Crippen LogP contribution is -2.53. The molecule has 1 aromatic rings. The van der Waals surface area contributed by atoms with Gasteiger partial charge >= 0.3 is 6.03 Å². The van der Waals surface area contributed by atoms with Gasteiger partial charge in [0.05, 0.1) is 12.5 Å². The molecule has 42 heavy (non-hydrogen) atoms. The van der Waals surface area contributed by atoms with E-state index in [0.717, 1.165) is 38.5 Å². The van der Waals surface area contributed by atoms with Crippen LogP contribution in [0.1, 0.15) is 56.4 Å². The highest BCUT2D eigenvalue weighted by Gasteiger charge is 2.33. The number of sulfonamides is 2. The van der Waals surface area contributed by atoms with Gasteiger partial charge in [0.2, 0.25) is 20.0 Å². The van der Waals surface area contributed by atoms with E-state index in [1.807, 2.05) is 0 Å². The van der Waals surface area contributed by atoms with Gasteiger partial charge in [0, 0.05) is 64.5 Å². The van der Waals surface area contributed by atoms with Crippen molar-refractivity contribution in [1.82, 2.24) is 23.7 Å². The van der Waals surface area contributed by atoms with E-state index in [1.54, 1.807) is 11.9 Å². The number of nitrogens with zero attached hydrogens (tertiary/aromatic N) is 4. The Morgan fingerprint density at radius 3 is 1.86 bits per heavy atom. The number of carbonyl (C=O) groups excluding carboxylic acids is 1. The third-order valence-corrected chi connectivity index (χ3v) is 11.9. The molecule has 1 atom stereocenters. The summed E-state index contributed by atoms with van der Waals surface area (Å²) in [6, 6.07) is 3.58. The Morgan fingerprint density at radius 2 is 1.36 bits per heavy atom. The fourth-order valence-electron chi connectivity index (χ4n) is 6.70. The molecule has 0 spiro atoms. The molecule has 2 amide bonds. The van der Waals surface area contributed by atoms with Crippen molar-refractivity contribution in [2.45, 2.75) is 62.9 Å². The molecular formula is C28H45F2N5O5S2. The molecule has 1 N–H and O–H groups in total. The van der Waals surface area contributed by atoms with Crippen LogP contribution >= 0.6 is 0 Å². The molecule has 0 aliphatic carbocycles. The average Bonchev–Trinajstić information content (AvgIpc) is 2.92. The number of likely N-dealkylation sites (tertiary alicyclic amines) is 1. The van der Waals surface area contributed by atoms with Gasteiger partial charge in [0.1, 0.15) is 11.6 Å². The number of nitrogens with one attached hydrogen (secondary N) is 1. The fourth-order valence-corrected chi connectivity index (χ4v) is 8.45. The molecule has 14 heteroatoms. The van der Waals surface area contributed by atoms with E-state index in [-0.39, 0.29) is 30.0 Å². The molecule has 238 valence electrons. The van der Waals surface area contributed by atoms with Crippen LogP contribution in [0.4, 0.5) is 13.6 Å². The van der Waals surface area contributed by atoms with Gasteiger partial charge in [-0.25, -0.2) is 39.0 Å². The van der Waals surface area contributed by atoms with Crippen LogP contribution in [0.5, 0.6) is 0 Å². The van der Waals surface area contributed by atoms with E-state index < -0.39 is 31.7 Å². The number of halogens is 2. The molecule has 3 heterocycles. The molecule has 4 rings (SSSR count). The zero-order valence-corrected chi connectivity index (χ0v) is 26.5. The van der Waals surface area contributed by atoms with Crippen LogP contribution in [0.25, 0.3) is 0 Å². The van der Waals surface area contributed by atoms with Crippen molar-refractivity contribution >= 4 is 26.1 Å². The van der Waals surface area contributed by atoms with Crippen molar-refractivity contribution in [3.8, 4) is 0 Å². The summed E-state index contributed by atoms with van der Waals surface area (Å²) in [7, 11) is -4.72. The first-order chi connectivity index (χ1) is 19.7. The molecule has 0 saturated carbocycles. The smallest absolute Gasteiger partial charge is 0.317 e. The summed E-state index contributed by atoms with van der Waals surface area (Å²) in [6.07, 6.45) is 7.21. The minimum absolute atomic E-state index is 0.00279. The maximum Gasteiger partial charge on any atom is 0.317 e. The first kappa shape index (κ1) is 33.0. The Kier molecular flexibility index (Phi) is 10.9. The second-order valence-corrected chi connectivity index (χ2v) is 16.1. The normalized spacial score (nSPS) is 22.2. The van der Waals surface area contributed by atoms with Crippen LogP contribution < -0.4 is 5.32 Å². The molecular weight excluding hydrogens is 588 g/mol. The summed E-state index contributed by atoms with van der Waals surface area (Å²) >= 11 is 0. The summed E-state index contributed by atoms with van der Waals surface area (Å²) in [5, 5.41) is 3.14. The highest BCUT2D eigenvalue weighted by Crippen LogP contribution is 2.37. The lowest BCUT2D eigenvalue weighted by Gasteiger charge is -2.38. The first-order valence-electron chi connectivity index (χ1n) is 14.8. The molecule has 3 aliphatic heterocycles. The van der Waals surface area contributed by atoms with Crippen molar-refractivity contribution in [3.05, 3.63) is 35.4 Å². The second kappa shape index (κ2) is 13.8. The van der Waals surface area contributed by atoms with Crippen molar-refractivity contribution in [2.75, 3.05) is 65.4 Å². The minimum Gasteiger partial charge on any atom is -0.335 e. The molecule has 10 nitrogen and oxygen atoms in total. The summed E-state index contributed by atoms with van der Waals surface area (Å²) in [6.45, 7) is 3.98. The number of carbonyl (C=O) groups is 1. The molecule has 0 unspecified atom stereocenters. The quantitative estimate of drug-likeness (QED) is 0.448. The number of rotatable bonds is 9. The van der Waals surface area contributed by atoms with Crippen molar-refractivity contribution < 1.29 is 30.4 Å². The molecule has 1 aromatic carbocycles. The lowest BCUT2D eigenvalue weighted by atomic mass is 9.78. The highest BCUT2D eigenvalue weighted by atomic mass is 32.2. The Bertz CT molecular complexity index is 1270. The van der Waals surface area contributed by atoms with Crippen LogP contribution in [0.2, 0.25) is 0 Å². The average molecular weight is 634 g/mol. The van der Waals surface area contributed by atoms with Crippen LogP contribution in [0.15, 0.2) is 18.2 Å². The number of hydrogen-bond donors (Lipinski definition) is 1. The van der Waals surface area contributed by atoms with Gasteiger partial charge < -0.3 is 15.1 Å². The van der Waals surface area contributed by atoms with Gasteiger partial charge in [0.25, 0.3) is 0 Å². The van der Waals surface area contributed by atoms with Crippen LogP contribution in [-0.4, -0.2) is 119 Å². The summed E-state index contributed by atoms with van der Waals surface area (Å²) in [5.41, 5.74) is 0.623. The largest absolute Gasteiger partial charge is 0.335 e. The number of amides is 2. The Labute approximate surface area is 249 Å². The zero-order valence-electron chi connectivity index (χ0n) is 24.8. The van der Waals surface area contributed by atoms with E-state index in [2.05, 4.69) is 10.2 Å². The van der Waals surface area contributed by atoms with E-state index in [4.69, 9.17) is 0 Å². The van der Waals surface area contributed by atoms with Gasteiger partial charge in [-0.3, -0.25) is 0 Å². The van der Waals surface area contributed by atoms with Crippen LogP contribution in [0, 0.1) is 17.6 Å². The van der Waals surface area contributed by atoms with E-state index in [0.29, 0.717) is 63.8 Å². The Morgan fingerprint density at radius 1 is 0.857 bits per heavy atom. The molecule has 0 radical (unpaired) electrons. The van der Waals surface area contributed by atoms with E-state index >= 15 is 0 Å². The molecule has 3 saturated heterocycles. The van der Waals surface area contributed by atoms with Gasteiger partial charge in [0.15, 0.2) is 0 Å². The number of benzene rings is 1. The monoisotopic (exact) mass is 633 g/mol. The topological polar surface area (TPSA) is 110 Å². The first-order valence-corrected chi connectivity index (χ1v) is 18.5. The maximum atomic E-state index is 14.2. The summed E-state index contributed by atoms with van der Waals surface area (Å²) in [4.78, 5) is 16.9. The Hall–Kier alpha value is -1.87. The zero-order chi connectivity index (χ0) is 30.7. The fraction of sp³-hybridized carbons (Fsp3) is 0.750. The van der Waals surface area contributed by atoms with Gasteiger partial charge in [-0.05, 0) is 81.0 Å². The third kappa shape index (κ3) is 8.84. The third-order valence-electron chi connectivity index (χ3n) is 9.28. The predicted molar refractivity (Wildman–Crippen MR) is 158 cm³/mol. The molecule has 3 fully saturated rings. The molecule has 0 bridgehead atoms. The van der Waals surface area contributed by atoms with Crippen LogP contribution in [-0.2, 0) is 20.0 Å². The minimum atomic E-state index is -3.27.